The molecule has 0 heterocycles. The molecule has 0 saturated carbocycles. The van der Waals surface area contributed by atoms with E-state index in [1.165, 1.54) is 6.92 Å². The van der Waals surface area contributed by atoms with E-state index in [1.807, 2.05) is 0 Å². The van der Waals surface area contributed by atoms with E-state index < -0.39 is 24.6 Å². The first-order valence-electron chi connectivity index (χ1n) is 2.50. The van der Waals surface area contributed by atoms with E-state index >= 15 is 0 Å². The van der Waals surface area contributed by atoms with E-state index in [-0.39, 0.29) is 0 Å². The molecule has 0 aromatic rings. The van der Waals surface area contributed by atoms with E-state index in [4.69, 9.17) is 10.2 Å². The van der Waals surface area contributed by atoms with Crippen molar-refractivity contribution in [3.63, 3.8) is 0 Å². The van der Waals surface area contributed by atoms with Crippen molar-refractivity contribution in [3.8, 4) is 0 Å². The molecule has 0 rings (SSSR count). The standard InChI is InChI=1S/C5H9O4/c1-5(2-6,3-7)4(8)9/h6-7H,2-3H2,1H3. The average Bonchev–Trinajstić information content (AvgIpc) is 1.86. The Morgan fingerprint density at radius 1 is 1.44 bits per heavy atom. The Balaban J connectivity index is 4.09. The van der Waals surface area contributed by atoms with Crippen LogP contribution >= 0.6 is 0 Å². The van der Waals surface area contributed by atoms with Gasteiger partial charge in [0.1, 0.15) is 5.41 Å². The lowest BCUT2D eigenvalue weighted by Crippen LogP contribution is -2.34. The summed E-state index contributed by atoms with van der Waals surface area (Å²) in [6.07, 6.45) is 0. The second-order valence-electron chi connectivity index (χ2n) is 2.16. The van der Waals surface area contributed by atoms with Gasteiger partial charge in [0.2, 0.25) is 0 Å². The fraction of sp³-hybridized carbons (Fsp3) is 0.800. The Morgan fingerprint density at radius 3 is 1.78 bits per heavy atom. The molecule has 0 aliphatic rings. The smallest absolute Gasteiger partial charge is 0.365 e. The lowest BCUT2D eigenvalue weighted by Gasteiger charge is -2.15. The molecule has 2 N–H and O–H groups in total. The van der Waals surface area contributed by atoms with Gasteiger partial charge in [0, 0.05) is 0 Å². The Hall–Kier alpha value is -0.610. The highest BCUT2D eigenvalue weighted by molar-refractivity contribution is 5.73. The lowest BCUT2D eigenvalue weighted by atomic mass is 9.94. The topological polar surface area (TPSA) is 77.4 Å². The first-order chi connectivity index (χ1) is 4.06. The Kier molecular flexibility index (Phi) is 2.61. The summed E-state index contributed by atoms with van der Waals surface area (Å²) in [5, 5.41) is 26.8. The predicted octanol–water partition coefficient (Wildman–Crippen LogP) is -1.07. The fourth-order valence-electron chi connectivity index (χ4n) is 0.179. The largest absolute Gasteiger partial charge is 0.395 e. The summed E-state index contributed by atoms with van der Waals surface area (Å²) in [6, 6.07) is 0. The number of hydrogen-bond donors (Lipinski definition) is 2. The SMILES string of the molecule is CC(CO)(CO)C([O])=O. The van der Waals surface area contributed by atoms with Crippen LogP contribution in [0.3, 0.4) is 0 Å². The Bertz CT molecular complexity index is 106. The number of aliphatic hydroxyl groups excluding tert-OH is 2. The molecule has 0 aliphatic heterocycles. The van der Waals surface area contributed by atoms with Crippen LogP contribution in [0.25, 0.3) is 0 Å². The van der Waals surface area contributed by atoms with Gasteiger partial charge in [-0.25, -0.2) is 9.90 Å². The average molecular weight is 133 g/mol. The van der Waals surface area contributed by atoms with Gasteiger partial charge in [0.15, 0.2) is 0 Å². The Labute approximate surface area is 52.7 Å². The van der Waals surface area contributed by atoms with Crippen molar-refractivity contribution in [1.29, 1.82) is 0 Å². The molecule has 0 unspecified atom stereocenters. The third-order valence-electron chi connectivity index (χ3n) is 1.19. The van der Waals surface area contributed by atoms with Crippen molar-refractivity contribution in [3.05, 3.63) is 0 Å². The van der Waals surface area contributed by atoms with Gasteiger partial charge >= 0.3 is 5.97 Å². The number of aliphatic hydroxyl groups is 2. The molecule has 0 aliphatic carbocycles. The van der Waals surface area contributed by atoms with Crippen LogP contribution in [0, 0.1) is 5.41 Å². The van der Waals surface area contributed by atoms with Crippen LogP contribution in [-0.4, -0.2) is 29.4 Å². The lowest BCUT2D eigenvalue weighted by molar-refractivity contribution is -0.159. The van der Waals surface area contributed by atoms with Crippen LogP contribution in [0.4, 0.5) is 0 Å². The first-order valence-corrected chi connectivity index (χ1v) is 2.50. The van der Waals surface area contributed by atoms with Crippen molar-refractivity contribution in [2.75, 3.05) is 13.2 Å². The maximum absolute atomic E-state index is 10.1. The van der Waals surface area contributed by atoms with E-state index in [2.05, 4.69) is 0 Å². The molecule has 0 saturated heterocycles. The van der Waals surface area contributed by atoms with Crippen LogP contribution in [0.2, 0.25) is 0 Å². The third kappa shape index (κ3) is 1.65. The van der Waals surface area contributed by atoms with E-state index in [0.29, 0.717) is 0 Å². The van der Waals surface area contributed by atoms with Gasteiger partial charge in [0.05, 0.1) is 13.2 Å². The van der Waals surface area contributed by atoms with E-state index in [1.54, 1.807) is 0 Å². The van der Waals surface area contributed by atoms with Gasteiger partial charge in [0.25, 0.3) is 0 Å². The van der Waals surface area contributed by atoms with Gasteiger partial charge in [-0.2, -0.15) is 0 Å². The van der Waals surface area contributed by atoms with E-state index in [9.17, 15) is 9.90 Å². The zero-order valence-corrected chi connectivity index (χ0v) is 5.13. The molecule has 0 fully saturated rings. The highest BCUT2D eigenvalue weighted by Gasteiger charge is 2.33. The highest BCUT2D eigenvalue weighted by Crippen LogP contribution is 2.13. The van der Waals surface area contributed by atoms with Gasteiger partial charge in [-0.3, -0.25) is 0 Å². The third-order valence-corrected chi connectivity index (χ3v) is 1.19. The summed E-state index contributed by atoms with van der Waals surface area (Å²) in [5.74, 6) is -1.44. The molecule has 9 heavy (non-hydrogen) atoms. The summed E-state index contributed by atoms with van der Waals surface area (Å²) in [6.45, 7) is -0.000000000000000666. The minimum Gasteiger partial charge on any atom is -0.395 e. The van der Waals surface area contributed by atoms with Crippen molar-refractivity contribution in [2.45, 2.75) is 6.92 Å². The van der Waals surface area contributed by atoms with Gasteiger partial charge in [-0.1, -0.05) is 0 Å². The molecular formula is C5H9O4. The molecule has 0 atom stereocenters. The normalized spacial score (nSPS) is 11.4. The quantitative estimate of drug-likeness (QED) is 0.514. The number of carbonyl (C=O) groups excluding carboxylic acids is 1. The van der Waals surface area contributed by atoms with Crippen molar-refractivity contribution < 1.29 is 20.1 Å². The monoisotopic (exact) mass is 133 g/mol. The zero-order valence-electron chi connectivity index (χ0n) is 5.13. The van der Waals surface area contributed by atoms with Crippen LogP contribution in [-0.2, 0) is 9.90 Å². The minimum atomic E-state index is -1.50. The molecule has 0 aromatic carbocycles. The molecule has 4 heteroatoms. The van der Waals surface area contributed by atoms with Crippen LogP contribution in [0.1, 0.15) is 6.92 Å². The first kappa shape index (κ1) is 8.39. The Morgan fingerprint density at radius 2 is 1.78 bits per heavy atom. The summed E-state index contributed by atoms with van der Waals surface area (Å²) in [4.78, 5) is 10.1. The van der Waals surface area contributed by atoms with Crippen LogP contribution in [0.15, 0.2) is 0 Å². The second-order valence-corrected chi connectivity index (χ2v) is 2.16. The van der Waals surface area contributed by atoms with E-state index in [0.717, 1.165) is 0 Å². The predicted molar refractivity (Wildman–Crippen MR) is 28.0 cm³/mol. The fourth-order valence-corrected chi connectivity index (χ4v) is 0.179. The second kappa shape index (κ2) is 2.80. The number of hydrogen-bond acceptors (Lipinski definition) is 3. The minimum absolute atomic E-state index is 0.605. The zero-order chi connectivity index (χ0) is 7.49. The summed E-state index contributed by atoms with van der Waals surface area (Å²) in [7, 11) is 0. The molecule has 0 aromatic heterocycles. The van der Waals surface area contributed by atoms with Crippen molar-refractivity contribution in [2.24, 2.45) is 5.41 Å². The molecule has 1 radical (unpaired) electrons. The summed E-state index contributed by atoms with van der Waals surface area (Å²) < 4.78 is 0. The molecule has 0 amide bonds. The van der Waals surface area contributed by atoms with Gasteiger partial charge < -0.3 is 10.2 Å². The van der Waals surface area contributed by atoms with Crippen molar-refractivity contribution >= 4 is 5.97 Å². The molecule has 0 bridgehead atoms. The molecule has 53 valence electrons. The van der Waals surface area contributed by atoms with Gasteiger partial charge in [-0.05, 0) is 6.92 Å². The maximum atomic E-state index is 10.1. The summed E-state index contributed by atoms with van der Waals surface area (Å²) in [5.41, 5.74) is -1.50. The van der Waals surface area contributed by atoms with Crippen LogP contribution in [0.5, 0.6) is 0 Å². The molecule has 0 spiro atoms. The highest BCUT2D eigenvalue weighted by atomic mass is 16.4. The number of rotatable bonds is 3. The van der Waals surface area contributed by atoms with Crippen molar-refractivity contribution in [1.82, 2.24) is 0 Å². The van der Waals surface area contributed by atoms with Gasteiger partial charge in [-0.15, -0.1) is 0 Å². The molecular weight excluding hydrogens is 124 g/mol. The maximum Gasteiger partial charge on any atom is 0.365 e. The number of carbonyl (C=O) groups is 1. The molecule has 4 nitrogen and oxygen atoms in total. The van der Waals surface area contributed by atoms with Crippen LogP contribution < -0.4 is 0 Å². The summed E-state index contributed by atoms with van der Waals surface area (Å²) >= 11 is 0.